The lowest BCUT2D eigenvalue weighted by atomic mass is 9.96. The van der Waals surface area contributed by atoms with Crippen LogP contribution in [-0.2, 0) is 4.79 Å². The first-order chi connectivity index (χ1) is 11.7. The van der Waals surface area contributed by atoms with Gasteiger partial charge in [0.15, 0.2) is 0 Å². The molecule has 5 nitrogen and oxygen atoms in total. The molecule has 0 bridgehead atoms. The second-order valence-electron chi connectivity index (χ2n) is 6.92. The minimum Gasteiger partial charge on any atom is -0.496 e. The number of carbonyl (C=O) groups is 1. The predicted molar refractivity (Wildman–Crippen MR) is 103 cm³/mol. The molecule has 25 heavy (non-hydrogen) atoms. The van der Waals surface area contributed by atoms with Crippen LogP contribution in [0, 0.1) is 0 Å². The second kappa shape index (κ2) is 9.41. The summed E-state index contributed by atoms with van der Waals surface area (Å²) in [6, 6.07) is 8.54. The number of halogens is 1. The second-order valence-corrected chi connectivity index (χ2v) is 6.92. The van der Waals surface area contributed by atoms with Crippen LogP contribution in [0.15, 0.2) is 24.3 Å². The van der Waals surface area contributed by atoms with Gasteiger partial charge in [-0.15, -0.1) is 12.4 Å². The Hall–Kier alpha value is -1.30. The van der Waals surface area contributed by atoms with E-state index in [0.717, 1.165) is 57.0 Å². The van der Waals surface area contributed by atoms with Crippen molar-refractivity contribution in [3.63, 3.8) is 0 Å². The molecule has 6 heteroatoms. The highest BCUT2D eigenvalue weighted by atomic mass is 35.5. The molecule has 3 rings (SSSR count). The van der Waals surface area contributed by atoms with Crippen LogP contribution in [0.5, 0.6) is 5.75 Å². The Morgan fingerprint density at radius 2 is 2.00 bits per heavy atom. The van der Waals surface area contributed by atoms with Crippen LogP contribution in [0.3, 0.4) is 0 Å². The van der Waals surface area contributed by atoms with Crippen LogP contribution in [0.2, 0.25) is 0 Å². The molecule has 1 amide bonds. The van der Waals surface area contributed by atoms with Gasteiger partial charge < -0.3 is 15.0 Å². The van der Waals surface area contributed by atoms with Crippen LogP contribution in [0.1, 0.15) is 31.2 Å². The maximum Gasteiger partial charge on any atom is 0.223 e. The average Bonchev–Trinajstić information content (AvgIpc) is 3.12. The fourth-order valence-electron chi connectivity index (χ4n) is 3.89. The van der Waals surface area contributed by atoms with Gasteiger partial charge in [0.1, 0.15) is 5.75 Å². The lowest BCUT2D eigenvalue weighted by Gasteiger charge is -2.32. The van der Waals surface area contributed by atoms with E-state index in [4.69, 9.17) is 4.74 Å². The summed E-state index contributed by atoms with van der Waals surface area (Å²) in [4.78, 5) is 17.3. The highest BCUT2D eigenvalue weighted by Gasteiger charge is 2.31. The number of hydrogen-bond acceptors (Lipinski definition) is 4. The molecule has 2 heterocycles. The van der Waals surface area contributed by atoms with Crippen molar-refractivity contribution in [2.24, 2.45) is 0 Å². The van der Waals surface area contributed by atoms with E-state index in [1.165, 1.54) is 0 Å². The van der Waals surface area contributed by atoms with Gasteiger partial charge in [0.25, 0.3) is 0 Å². The van der Waals surface area contributed by atoms with Gasteiger partial charge in [0, 0.05) is 51.7 Å². The number of nitrogens with one attached hydrogen (secondary N) is 1. The number of carbonyl (C=O) groups excluding carboxylic acids is 1. The summed E-state index contributed by atoms with van der Waals surface area (Å²) in [7, 11) is 1.69. The number of methoxy groups -OCH3 is 1. The first kappa shape index (κ1) is 20.0. The van der Waals surface area contributed by atoms with E-state index in [1.807, 2.05) is 18.2 Å². The van der Waals surface area contributed by atoms with Crippen molar-refractivity contribution in [3.05, 3.63) is 29.8 Å². The standard InChI is InChI=1S/C19H29N3O2.ClH/c1-15(17-5-3-4-6-18(17)24-2)13-19(23)22-10-7-16(14-22)21-11-8-20-9-12-21;/h3-6,15-16,20H,7-14H2,1-2H3;1H. The molecular formula is C19H30ClN3O2. The Bertz CT molecular complexity index is 563. The monoisotopic (exact) mass is 367 g/mol. The summed E-state index contributed by atoms with van der Waals surface area (Å²) in [6.45, 7) is 8.22. The highest BCUT2D eigenvalue weighted by molar-refractivity contribution is 5.85. The van der Waals surface area contributed by atoms with Crippen molar-refractivity contribution in [1.29, 1.82) is 0 Å². The zero-order chi connectivity index (χ0) is 16.9. The minimum atomic E-state index is 0. The molecule has 0 spiro atoms. The minimum absolute atomic E-state index is 0. The first-order valence-corrected chi connectivity index (χ1v) is 9.04. The molecule has 0 saturated carbocycles. The van der Waals surface area contributed by atoms with Crippen molar-refractivity contribution in [3.8, 4) is 5.75 Å². The van der Waals surface area contributed by atoms with Crippen molar-refractivity contribution in [2.75, 3.05) is 46.4 Å². The van der Waals surface area contributed by atoms with E-state index in [2.05, 4.69) is 28.1 Å². The third-order valence-corrected chi connectivity index (χ3v) is 5.33. The van der Waals surface area contributed by atoms with Gasteiger partial charge in [-0.3, -0.25) is 9.69 Å². The van der Waals surface area contributed by atoms with E-state index in [1.54, 1.807) is 7.11 Å². The molecule has 1 aromatic rings. The van der Waals surface area contributed by atoms with Gasteiger partial charge in [-0.1, -0.05) is 25.1 Å². The van der Waals surface area contributed by atoms with Crippen LogP contribution in [-0.4, -0.2) is 68.1 Å². The zero-order valence-electron chi connectivity index (χ0n) is 15.2. The largest absolute Gasteiger partial charge is 0.496 e. The zero-order valence-corrected chi connectivity index (χ0v) is 16.1. The molecule has 0 aromatic heterocycles. The van der Waals surface area contributed by atoms with Crippen molar-refractivity contribution >= 4 is 18.3 Å². The number of ether oxygens (including phenoxy) is 1. The maximum absolute atomic E-state index is 12.7. The number of para-hydroxylation sites is 1. The van der Waals surface area contributed by atoms with Crippen LogP contribution < -0.4 is 10.1 Å². The summed E-state index contributed by atoms with van der Waals surface area (Å²) in [5.74, 6) is 1.32. The molecule has 0 aliphatic carbocycles. The van der Waals surface area contributed by atoms with Gasteiger partial charge in [-0.25, -0.2) is 0 Å². The fraction of sp³-hybridized carbons (Fsp3) is 0.632. The lowest BCUT2D eigenvalue weighted by Crippen LogP contribution is -2.49. The van der Waals surface area contributed by atoms with Gasteiger partial charge in [0.2, 0.25) is 5.91 Å². The lowest BCUT2D eigenvalue weighted by molar-refractivity contribution is -0.130. The average molecular weight is 368 g/mol. The van der Waals surface area contributed by atoms with Crippen molar-refractivity contribution in [1.82, 2.24) is 15.1 Å². The quantitative estimate of drug-likeness (QED) is 0.865. The van der Waals surface area contributed by atoms with Gasteiger partial charge >= 0.3 is 0 Å². The van der Waals surface area contributed by atoms with Gasteiger partial charge in [0.05, 0.1) is 7.11 Å². The molecule has 1 N–H and O–H groups in total. The molecule has 2 unspecified atom stereocenters. The van der Waals surface area contributed by atoms with Crippen molar-refractivity contribution < 1.29 is 9.53 Å². The number of hydrogen-bond donors (Lipinski definition) is 1. The molecule has 140 valence electrons. The summed E-state index contributed by atoms with van der Waals surface area (Å²) in [6.07, 6.45) is 1.66. The topological polar surface area (TPSA) is 44.8 Å². The smallest absolute Gasteiger partial charge is 0.223 e. The van der Waals surface area contributed by atoms with Crippen molar-refractivity contribution in [2.45, 2.75) is 31.7 Å². The maximum atomic E-state index is 12.7. The summed E-state index contributed by atoms with van der Waals surface area (Å²) in [5, 5.41) is 3.39. The van der Waals surface area contributed by atoms with E-state index < -0.39 is 0 Å². The van der Waals surface area contributed by atoms with Gasteiger partial charge in [-0.2, -0.15) is 0 Å². The van der Waals surface area contributed by atoms with E-state index in [0.29, 0.717) is 12.5 Å². The Kier molecular flexibility index (Phi) is 7.54. The first-order valence-electron chi connectivity index (χ1n) is 9.04. The molecule has 1 aromatic carbocycles. The Labute approximate surface area is 157 Å². The molecule has 0 radical (unpaired) electrons. The number of likely N-dealkylation sites (tertiary alicyclic amines) is 1. The molecule has 2 aliphatic rings. The third kappa shape index (κ3) is 4.87. The van der Waals surface area contributed by atoms with Crippen LogP contribution >= 0.6 is 12.4 Å². The highest BCUT2D eigenvalue weighted by Crippen LogP contribution is 2.29. The Morgan fingerprint density at radius 3 is 2.72 bits per heavy atom. The number of nitrogens with zero attached hydrogens (tertiary/aromatic N) is 2. The number of amides is 1. The third-order valence-electron chi connectivity index (χ3n) is 5.33. The molecule has 2 saturated heterocycles. The van der Waals surface area contributed by atoms with E-state index >= 15 is 0 Å². The van der Waals surface area contributed by atoms with Crippen LogP contribution in [0.25, 0.3) is 0 Å². The summed E-state index contributed by atoms with van der Waals surface area (Å²) in [5.41, 5.74) is 1.12. The van der Waals surface area contributed by atoms with Crippen LogP contribution in [0.4, 0.5) is 0 Å². The Balaban J connectivity index is 0.00000225. The van der Waals surface area contributed by atoms with Gasteiger partial charge in [-0.05, 0) is 24.0 Å². The fourth-order valence-corrected chi connectivity index (χ4v) is 3.89. The Morgan fingerprint density at radius 1 is 1.28 bits per heavy atom. The SMILES string of the molecule is COc1ccccc1C(C)CC(=O)N1CCC(N2CCNCC2)C1.Cl. The summed E-state index contributed by atoms with van der Waals surface area (Å²) >= 11 is 0. The number of benzene rings is 1. The van der Waals surface area contributed by atoms with E-state index in [-0.39, 0.29) is 24.2 Å². The summed E-state index contributed by atoms with van der Waals surface area (Å²) < 4.78 is 5.43. The predicted octanol–water partition coefficient (Wildman–Crippen LogP) is 2.12. The molecule has 2 atom stereocenters. The normalized spacial score (nSPS) is 22.3. The molecular weight excluding hydrogens is 338 g/mol. The van der Waals surface area contributed by atoms with E-state index in [9.17, 15) is 4.79 Å². The number of piperazine rings is 1. The molecule has 2 aliphatic heterocycles. The number of rotatable bonds is 5. The molecule has 2 fully saturated rings.